The number of aromatic nitrogens is 1. The summed E-state index contributed by atoms with van der Waals surface area (Å²) in [7, 11) is 1.69. The molecule has 0 atom stereocenters. The first-order chi connectivity index (χ1) is 8.99. The molecule has 5 heteroatoms. The third-order valence-electron chi connectivity index (χ3n) is 2.81. The normalized spacial score (nSPS) is 10.3. The van der Waals surface area contributed by atoms with Crippen molar-refractivity contribution in [1.82, 2.24) is 4.98 Å². The van der Waals surface area contributed by atoms with E-state index in [1.807, 2.05) is 0 Å². The van der Waals surface area contributed by atoms with Gasteiger partial charge in [-0.05, 0) is 31.2 Å². The molecule has 0 aliphatic carbocycles. The highest BCUT2D eigenvalue weighted by molar-refractivity contribution is 5.95. The Kier molecular flexibility index (Phi) is 3.46. The second kappa shape index (κ2) is 5.06. The van der Waals surface area contributed by atoms with E-state index in [0.717, 1.165) is 0 Å². The highest BCUT2D eigenvalue weighted by Gasteiger charge is 2.15. The Labute approximate surface area is 110 Å². The summed E-state index contributed by atoms with van der Waals surface area (Å²) in [5, 5.41) is 9.17. The van der Waals surface area contributed by atoms with Crippen LogP contribution >= 0.6 is 0 Å². The molecule has 0 saturated carbocycles. The minimum atomic E-state index is -1.06. The van der Waals surface area contributed by atoms with Crippen LogP contribution in [0.4, 0.5) is 15.8 Å². The molecule has 0 aliphatic heterocycles. The Morgan fingerprint density at radius 2 is 2.11 bits per heavy atom. The first-order valence-electron chi connectivity index (χ1n) is 5.68. The van der Waals surface area contributed by atoms with Crippen LogP contribution in [-0.4, -0.2) is 23.1 Å². The predicted molar refractivity (Wildman–Crippen MR) is 70.4 cm³/mol. The Hall–Kier alpha value is -2.43. The summed E-state index contributed by atoms with van der Waals surface area (Å²) in [6.45, 7) is 1.77. The van der Waals surface area contributed by atoms with Gasteiger partial charge < -0.3 is 10.0 Å². The molecule has 1 N–H and O–H groups in total. The van der Waals surface area contributed by atoms with E-state index in [1.54, 1.807) is 37.1 Å². The van der Waals surface area contributed by atoms with Crippen molar-refractivity contribution >= 4 is 17.3 Å². The van der Waals surface area contributed by atoms with Gasteiger partial charge in [0, 0.05) is 24.6 Å². The number of anilines is 2. The number of carboxylic acids is 1. The van der Waals surface area contributed by atoms with Crippen molar-refractivity contribution in [2.75, 3.05) is 11.9 Å². The molecule has 98 valence electrons. The molecule has 0 fully saturated rings. The number of nitrogens with zero attached hydrogens (tertiary/aromatic N) is 2. The molecule has 19 heavy (non-hydrogen) atoms. The Morgan fingerprint density at radius 3 is 2.74 bits per heavy atom. The molecule has 1 heterocycles. The number of carboxylic acid groups (broad SMARTS) is 1. The molecule has 2 rings (SSSR count). The molecule has 1 aromatic heterocycles. The first kappa shape index (κ1) is 13.0. The van der Waals surface area contributed by atoms with Crippen LogP contribution in [-0.2, 0) is 0 Å². The summed E-state index contributed by atoms with van der Waals surface area (Å²) in [5.41, 5.74) is 1.83. The molecule has 0 radical (unpaired) electrons. The van der Waals surface area contributed by atoms with Crippen LogP contribution in [0, 0.1) is 12.7 Å². The SMILES string of the molecule is Cc1cc(N(C)c2cccc(F)c2)c(C(=O)O)cn1. The van der Waals surface area contributed by atoms with Gasteiger partial charge >= 0.3 is 5.97 Å². The van der Waals surface area contributed by atoms with E-state index in [2.05, 4.69) is 4.98 Å². The largest absolute Gasteiger partial charge is 0.478 e. The lowest BCUT2D eigenvalue weighted by atomic mass is 10.1. The molecule has 0 spiro atoms. The van der Waals surface area contributed by atoms with E-state index < -0.39 is 5.97 Å². The minimum absolute atomic E-state index is 0.0809. The Morgan fingerprint density at radius 1 is 1.37 bits per heavy atom. The van der Waals surface area contributed by atoms with Crippen molar-refractivity contribution in [1.29, 1.82) is 0 Å². The van der Waals surface area contributed by atoms with Gasteiger partial charge in [0.05, 0.1) is 5.69 Å². The standard InChI is InChI=1S/C14H13FN2O2/c1-9-6-13(12(8-16-9)14(18)19)17(2)11-5-3-4-10(15)7-11/h3-8H,1-2H3,(H,18,19). The van der Waals surface area contributed by atoms with Crippen molar-refractivity contribution in [3.05, 3.63) is 53.6 Å². The second-order valence-corrected chi connectivity index (χ2v) is 4.19. The number of hydrogen-bond acceptors (Lipinski definition) is 3. The van der Waals surface area contributed by atoms with Gasteiger partial charge in [0.15, 0.2) is 0 Å². The van der Waals surface area contributed by atoms with E-state index in [9.17, 15) is 9.18 Å². The minimum Gasteiger partial charge on any atom is -0.478 e. The third-order valence-corrected chi connectivity index (χ3v) is 2.81. The summed E-state index contributed by atoms with van der Waals surface area (Å²) in [6.07, 6.45) is 1.31. The molecule has 0 unspecified atom stereocenters. The van der Waals surface area contributed by atoms with E-state index in [4.69, 9.17) is 5.11 Å². The van der Waals surface area contributed by atoms with Crippen LogP contribution < -0.4 is 4.90 Å². The van der Waals surface area contributed by atoms with Gasteiger partial charge in [0.25, 0.3) is 0 Å². The van der Waals surface area contributed by atoms with Gasteiger partial charge in [-0.3, -0.25) is 4.98 Å². The third kappa shape index (κ3) is 2.70. The summed E-state index contributed by atoms with van der Waals surface area (Å²) in [4.78, 5) is 16.8. The topological polar surface area (TPSA) is 53.4 Å². The van der Waals surface area contributed by atoms with E-state index in [0.29, 0.717) is 17.1 Å². The molecule has 1 aromatic carbocycles. The molecular weight excluding hydrogens is 247 g/mol. The van der Waals surface area contributed by atoms with Crippen LogP contribution in [0.2, 0.25) is 0 Å². The van der Waals surface area contributed by atoms with Gasteiger partial charge in [-0.15, -0.1) is 0 Å². The maximum atomic E-state index is 13.2. The summed E-state index contributed by atoms with van der Waals surface area (Å²) >= 11 is 0. The Balaban J connectivity index is 2.51. The number of rotatable bonds is 3. The molecule has 0 bridgehead atoms. The lowest BCUT2D eigenvalue weighted by molar-refractivity contribution is 0.0697. The number of benzene rings is 1. The molecule has 0 aliphatic rings. The van der Waals surface area contributed by atoms with Crippen LogP contribution in [0.5, 0.6) is 0 Å². The van der Waals surface area contributed by atoms with E-state index >= 15 is 0 Å². The lowest BCUT2D eigenvalue weighted by Crippen LogP contribution is -2.15. The van der Waals surface area contributed by atoms with Crippen LogP contribution in [0.3, 0.4) is 0 Å². The maximum Gasteiger partial charge on any atom is 0.339 e. The fraction of sp³-hybridized carbons (Fsp3) is 0.143. The van der Waals surface area contributed by atoms with Crippen molar-refractivity contribution in [2.45, 2.75) is 6.92 Å². The average Bonchev–Trinajstić information content (AvgIpc) is 2.37. The van der Waals surface area contributed by atoms with Gasteiger partial charge in [0.1, 0.15) is 11.4 Å². The second-order valence-electron chi connectivity index (χ2n) is 4.19. The number of carbonyl (C=O) groups is 1. The zero-order chi connectivity index (χ0) is 14.0. The summed E-state index contributed by atoms with van der Waals surface area (Å²) in [6, 6.07) is 7.64. The number of pyridine rings is 1. The van der Waals surface area contributed by atoms with Gasteiger partial charge in [-0.2, -0.15) is 0 Å². The van der Waals surface area contributed by atoms with Gasteiger partial charge in [0.2, 0.25) is 0 Å². The molecular formula is C14H13FN2O2. The summed E-state index contributed by atoms with van der Waals surface area (Å²) in [5.74, 6) is -1.43. The molecule has 0 saturated heterocycles. The van der Waals surface area contributed by atoms with Crippen molar-refractivity contribution in [3.8, 4) is 0 Å². The zero-order valence-electron chi connectivity index (χ0n) is 10.6. The van der Waals surface area contributed by atoms with E-state index in [1.165, 1.54) is 18.3 Å². The van der Waals surface area contributed by atoms with Gasteiger partial charge in [-0.1, -0.05) is 6.07 Å². The first-order valence-corrected chi connectivity index (χ1v) is 5.68. The highest BCUT2D eigenvalue weighted by atomic mass is 19.1. The number of aryl methyl sites for hydroxylation is 1. The number of halogens is 1. The van der Waals surface area contributed by atoms with Crippen LogP contribution in [0.1, 0.15) is 16.1 Å². The zero-order valence-corrected chi connectivity index (χ0v) is 10.6. The quantitative estimate of drug-likeness (QED) is 0.921. The van der Waals surface area contributed by atoms with Crippen molar-refractivity contribution < 1.29 is 14.3 Å². The highest BCUT2D eigenvalue weighted by Crippen LogP contribution is 2.27. The fourth-order valence-corrected chi connectivity index (χ4v) is 1.81. The van der Waals surface area contributed by atoms with Crippen LogP contribution in [0.25, 0.3) is 0 Å². The molecule has 0 amide bonds. The van der Waals surface area contributed by atoms with Gasteiger partial charge in [-0.25, -0.2) is 9.18 Å². The average molecular weight is 260 g/mol. The molecule has 2 aromatic rings. The maximum absolute atomic E-state index is 13.2. The predicted octanol–water partition coefficient (Wildman–Crippen LogP) is 3.00. The van der Waals surface area contributed by atoms with Crippen molar-refractivity contribution in [3.63, 3.8) is 0 Å². The smallest absolute Gasteiger partial charge is 0.339 e. The monoisotopic (exact) mass is 260 g/mol. The Bertz CT molecular complexity index is 629. The van der Waals surface area contributed by atoms with E-state index in [-0.39, 0.29) is 11.4 Å². The lowest BCUT2D eigenvalue weighted by Gasteiger charge is -2.21. The summed E-state index contributed by atoms with van der Waals surface area (Å²) < 4.78 is 13.2. The number of hydrogen-bond donors (Lipinski definition) is 1. The fourth-order valence-electron chi connectivity index (χ4n) is 1.81. The molecule has 4 nitrogen and oxygen atoms in total. The van der Waals surface area contributed by atoms with Crippen LogP contribution in [0.15, 0.2) is 36.5 Å². The van der Waals surface area contributed by atoms with Crippen molar-refractivity contribution in [2.24, 2.45) is 0 Å². The number of aromatic carboxylic acids is 1.